The number of carbonyl (C=O) groups excluding carboxylic acids is 1. The third-order valence-electron chi connectivity index (χ3n) is 8.24. The average Bonchev–Trinajstić information content (AvgIpc) is 3.24. The first-order valence-electron chi connectivity index (χ1n) is 13.7. The molecule has 2 aromatic carbocycles. The molecule has 1 N–H and O–H groups in total. The van der Waals surface area contributed by atoms with Gasteiger partial charge in [0.15, 0.2) is 0 Å². The number of ether oxygens (including phenoxy) is 1. The van der Waals surface area contributed by atoms with Crippen molar-refractivity contribution in [3.63, 3.8) is 0 Å². The van der Waals surface area contributed by atoms with Crippen LogP contribution in [0.3, 0.4) is 0 Å². The van der Waals surface area contributed by atoms with E-state index in [9.17, 15) is 4.79 Å². The van der Waals surface area contributed by atoms with Gasteiger partial charge in [-0.1, -0.05) is 37.6 Å². The second-order valence-corrected chi connectivity index (χ2v) is 10.7. The summed E-state index contributed by atoms with van der Waals surface area (Å²) in [4.78, 5) is 17.4. The van der Waals surface area contributed by atoms with Crippen molar-refractivity contribution in [1.29, 1.82) is 0 Å². The van der Waals surface area contributed by atoms with Crippen LogP contribution in [-0.4, -0.2) is 49.1 Å². The summed E-state index contributed by atoms with van der Waals surface area (Å²) in [6.07, 6.45) is 7.14. The number of nitrogens with zero attached hydrogens (tertiary/aromatic N) is 2. The molecule has 0 radical (unpaired) electrons. The molecule has 5 heteroatoms. The Hall–Kier alpha value is -2.37. The van der Waals surface area contributed by atoms with E-state index in [-0.39, 0.29) is 5.91 Å². The van der Waals surface area contributed by atoms with Crippen molar-refractivity contribution >= 4 is 11.6 Å². The predicted octanol–water partition coefficient (Wildman–Crippen LogP) is 5.48. The van der Waals surface area contributed by atoms with Crippen LogP contribution in [0.5, 0.6) is 0 Å². The monoisotopic (exact) mass is 475 g/mol. The lowest BCUT2D eigenvalue weighted by atomic mass is 9.88. The quantitative estimate of drug-likeness (QED) is 0.549. The SMILES string of the molecule is CCCC(C)N1Cc2cc(N3CCC(c4ccc(COC5CCNCC5)cc4)CC3)ccc2C1=O. The number of fused-ring (bicyclic) bond motifs is 1. The van der Waals surface area contributed by atoms with Gasteiger partial charge in [0.2, 0.25) is 0 Å². The molecule has 0 aromatic heterocycles. The molecule has 3 heterocycles. The van der Waals surface area contributed by atoms with Gasteiger partial charge in [-0.2, -0.15) is 0 Å². The molecule has 3 aliphatic heterocycles. The number of piperidine rings is 2. The summed E-state index contributed by atoms with van der Waals surface area (Å²) in [6, 6.07) is 15.9. The van der Waals surface area contributed by atoms with Crippen LogP contribution < -0.4 is 10.2 Å². The number of amides is 1. The fraction of sp³-hybridized carbons (Fsp3) is 0.567. The molecule has 1 amide bonds. The molecule has 5 rings (SSSR count). The second kappa shape index (κ2) is 11.1. The minimum Gasteiger partial charge on any atom is -0.373 e. The van der Waals surface area contributed by atoms with Crippen molar-refractivity contribution in [2.24, 2.45) is 0 Å². The molecule has 5 nitrogen and oxygen atoms in total. The van der Waals surface area contributed by atoms with Crippen molar-refractivity contribution in [2.45, 2.75) is 83.6 Å². The average molecular weight is 476 g/mol. The number of anilines is 1. The molecule has 3 aliphatic rings. The molecule has 0 bridgehead atoms. The van der Waals surface area contributed by atoms with Crippen molar-refractivity contribution < 1.29 is 9.53 Å². The molecule has 0 aliphatic carbocycles. The minimum absolute atomic E-state index is 0.204. The van der Waals surface area contributed by atoms with Crippen molar-refractivity contribution in [3.8, 4) is 0 Å². The molecule has 0 spiro atoms. The molecule has 2 aromatic rings. The summed E-state index contributed by atoms with van der Waals surface area (Å²) in [5.41, 5.74) is 6.09. The van der Waals surface area contributed by atoms with Crippen LogP contribution in [0.4, 0.5) is 5.69 Å². The fourth-order valence-electron chi connectivity index (χ4n) is 5.99. The Morgan fingerprint density at radius 1 is 1.03 bits per heavy atom. The van der Waals surface area contributed by atoms with Crippen LogP contribution in [-0.2, 0) is 17.9 Å². The fourth-order valence-corrected chi connectivity index (χ4v) is 5.99. The Balaban J connectivity index is 1.14. The Morgan fingerprint density at radius 3 is 2.49 bits per heavy atom. The van der Waals surface area contributed by atoms with Crippen LogP contribution in [0, 0.1) is 0 Å². The summed E-state index contributed by atoms with van der Waals surface area (Å²) in [5, 5.41) is 3.39. The first-order valence-corrected chi connectivity index (χ1v) is 13.7. The third kappa shape index (κ3) is 5.57. The zero-order chi connectivity index (χ0) is 24.2. The van der Waals surface area contributed by atoms with E-state index >= 15 is 0 Å². The van der Waals surface area contributed by atoms with Crippen LogP contribution in [0.1, 0.15) is 85.3 Å². The Bertz CT molecular complexity index is 991. The van der Waals surface area contributed by atoms with Gasteiger partial charge in [-0.05, 0) is 92.9 Å². The molecule has 0 saturated carbocycles. The van der Waals surface area contributed by atoms with Crippen molar-refractivity contribution in [2.75, 3.05) is 31.1 Å². The Labute approximate surface area is 210 Å². The number of hydrogen-bond donors (Lipinski definition) is 1. The van der Waals surface area contributed by atoms with Gasteiger partial charge >= 0.3 is 0 Å². The lowest BCUT2D eigenvalue weighted by molar-refractivity contribution is 0.0212. The van der Waals surface area contributed by atoms with Crippen LogP contribution in [0.2, 0.25) is 0 Å². The smallest absolute Gasteiger partial charge is 0.254 e. The number of nitrogens with one attached hydrogen (secondary N) is 1. The maximum absolute atomic E-state index is 12.8. The van der Waals surface area contributed by atoms with E-state index in [1.807, 2.05) is 4.90 Å². The zero-order valence-corrected chi connectivity index (χ0v) is 21.5. The van der Waals surface area contributed by atoms with E-state index in [2.05, 4.69) is 66.5 Å². The summed E-state index contributed by atoms with van der Waals surface area (Å²) < 4.78 is 6.12. The lowest BCUT2D eigenvalue weighted by Gasteiger charge is -2.34. The first-order chi connectivity index (χ1) is 17.1. The van der Waals surface area contributed by atoms with E-state index in [0.29, 0.717) is 18.1 Å². The van der Waals surface area contributed by atoms with Crippen LogP contribution >= 0.6 is 0 Å². The predicted molar refractivity (Wildman–Crippen MR) is 142 cm³/mol. The highest BCUT2D eigenvalue weighted by Gasteiger charge is 2.31. The zero-order valence-electron chi connectivity index (χ0n) is 21.5. The molecule has 188 valence electrons. The van der Waals surface area contributed by atoms with E-state index in [1.54, 1.807) is 0 Å². The topological polar surface area (TPSA) is 44.8 Å². The van der Waals surface area contributed by atoms with E-state index < -0.39 is 0 Å². The molecule has 2 fully saturated rings. The van der Waals surface area contributed by atoms with Gasteiger partial charge in [-0.15, -0.1) is 0 Å². The molecule has 35 heavy (non-hydrogen) atoms. The van der Waals surface area contributed by atoms with Gasteiger partial charge in [0.05, 0.1) is 12.7 Å². The normalized spacial score (nSPS) is 20.3. The molecular weight excluding hydrogens is 434 g/mol. The third-order valence-corrected chi connectivity index (χ3v) is 8.24. The van der Waals surface area contributed by atoms with Crippen molar-refractivity contribution in [1.82, 2.24) is 10.2 Å². The van der Waals surface area contributed by atoms with Gasteiger partial charge in [0.1, 0.15) is 0 Å². The highest BCUT2D eigenvalue weighted by molar-refractivity contribution is 5.99. The highest BCUT2D eigenvalue weighted by Crippen LogP contribution is 2.34. The number of benzene rings is 2. The largest absolute Gasteiger partial charge is 0.373 e. The molecule has 1 atom stereocenters. The second-order valence-electron chi connectivity index (χ2n) is 10.7. The Kier molecular flexibility index (Phi) is 7.74. The van der Waals surface area contributed by atoms with Gasteiger partial charge in [-0.3, -0.25) is 4.79 Å². The van der Waals surface area contributed by atoms with Gasteiger partial charge in [0, 0.05) is 36.9 Å². The molecule has 2 saturated heterocycles. The standard InChI is InChI=1S/C30H41N3O2/c1-3-4-22(2)33-20-26-19-27(9-10-29(26)30(33)34)32-17-13-25(14-18-32)24-7-5-23(6-8-24)21-35-28-11-15-31-16-12-28/h5-10,19,22,25,28,31H,3-4,11-18,20-21H2,1-2H3. The molecular formula is C30H41N3O2. The summed E-state index contributed by atoms with van der Waals surface area (Å²) in [5.74, 6) is 0.822. The van der Waals surface area contributed by atoms with E-state index in [4.69, 9.17) is 4.74 Å². The number of rotatable bonds is 8. The van der Waals surface area contributed by atoms with Crippen LogP contribution in [0.25, 0.3) is 0 Å². The van der Waals surface area contributed by atoms with Gasteiger partial charge in [-0.25, -0.2) is 0 Å². The highest BCUT2D eigenvalue weighted by atomic mass is 16.5. The Morgan fingerprint density at radius 2 is 1.77 bits per heavy atom. The first kappa shape index (κ1) is 24.3. The summed E-state index contributed by atoms with van der Waals surface area (Å²) >= 11 is 0. The van der Waals surface area contributed by atoms with Crippen molar-refractivity contribution in [3.05, 3.63) is 64.7 Å². The summed E-state index contributed by atoms with van der Waals surface area (Å²) in [6.45, 7) is 10.1. The van der Waals surface area contributed by atoms with E-state index in [0.717, 1.165) is 70.6 Å². The van der Waals surface area contributed by atoms with Gasteiger partial charge < -0.3 is 19.9 Å². The molecule has 1 unspecified atom stereocenters. The van der Waals surface area contributed by atoms with Crippen LogP contribution in [0.15, 0.2) is 42.5 Å². The maximum atomic E-state index is 12.8. The number of hydrogen-bond acceptors (Lipinski definition) is 4. The van der Waals surface area contributed by atoms with Gasteiger partial charge in [0.25, 0.3) is 5.91 Å². The summed E-state index contributed by atoms with van der Waals surface area (Å²) in [7, 11) is 0. The lowest BCUT2D eigenvalue weighted by Crippen LogP contribution is -2.33. The minimum atomic E-state index is 0.204. The van der Waals surface area contributed by atoms with E-state index in [1.165, 1.54) is 35.2 Å². The maximum Gasteiger partial charge on any atom is 0.254 e. The number of carbonyl (C=O) groups is 1.